The Labute approximate surface area is 176 Å². The van der Waals surface area contributed by atoms with Gasteiger partial charge in [0.1, 0.15) is 0 Å². The van der Waals surface area contributed by atoms with Gasteiger partial charge in [0.05, 0.1) is 0 Å². The van der Waals surface area contributed by atoms with Gasteiger partial charge in [-0.2, -0.15) is 0 Å². The highest BCUT2D eigenvalue weighted by atomic mass is 127. The lowest BCUT2D eigenvalue weighted by Crippen LogP contribution is -2.48. The second kappa shape index (κ2) is 9.30. The first kappa shape index (κ1) is 25.8. The molecule has 0 heterocycles. The number of hydrogen-bond donors (Lipinski definition) is 0. The summed E-state index contributed by atoms with van der Waals surface area (Å²) >= 11 is 4.15. The Bertz CT molecular complexity index is 427. The summed E-state index contributed by atoms with van der Waals surface area (Å²) in [6, 6.07) is 0. The van der Waals surface area contributed by atoms with E-state index in [9.17, 15) is 4.79 Å². The van der Waals surface area contributed by atoms with Crippen molar-refractivity contribution >= 4 is 39.5 Å². The van der Waals surface area contributed by atoms with E-state index in [0.717, 1.165) is 6.42 Å². The van der Waals surface area contributed by atoms with Gasteiger partial charge in [-0.15, -0.1) is 0 Å². The van der Waals surface area contributed by atoms with Gasteiger partial charge >= 0.3 is 0 Å². The number of halogens is 1. The van der Waals surface area contributed by atoms with Gasteiger partial charge in [-0.05, 0) is 49.4 Å². The molecule has 0 saturated carbocycles. The third kappa shape index (κ3) is 6.69. The van der Waals surface area contributed by atoms with Crippen molar-refractivity contribution in [2.24, 2.45) is 34.5 Å². The number of carbonyl (C=O) groups excluding carboxylic acids is 1. The first-order valence-electron chi connectivity index (χ1n) is 9.85. The van der Waals surface area contributed by atoms with E-state index in [4.69, 9.17) is 0 Å². The number of hydrogen-bond acceptors (Lipinski definition) is 2. The van der Waals surface area contributed by atoms with Gasteiger partial charge in [-0.25, -0.2) is 0 Å². The Hall–Kier alpha value is 0.750. The van der Waals surface area contributed by atoms with E-state index in [-0.39, 0.29) is 15.6 Å². The standard InChI is InChI=1S/C22H43IOS/c1-14(2)16(5)13-20(7,8)19(24)25-22(11,12)21(9,10)18(15(3)4)17(6)23/h14-18H,13H2,1-12H3. The van der Waals surface area contributed by atoms with Gasteiger partial charge in [0.25, 0.3) is 0 Å². The lowest BCUT2D eigenvalue weighted by atomic mass is 9.65. The molecule has 0 aromatic rings. The monoisotopic (exact) mass is 482 g/mol. The third-order valence-corrected chi connectivity index (χ3v) is 9.02. The molecular formula is C22H43IOS. The van der Waals surface area contributed by atoms with Gasteiger partial charge in [-0.3, -0.25) is 4.79 Å². The van der Waals surface area contributed by atoms with E-state index in [1.165, 1.54) is 0 Å². The Morgan fingerprint density at radius 1 is 0.880 bits per heavy atom. The molecule has 1 nitrogen and oxygen atoms in total. The maximum Gasteiger partial charge on any atom is 0.195 e. The molecule has 0 amide bonds. The van der Waals surface area contributed by atoms with E-state index in [1.54, 1.807) is 11.8 Å². The minimum Gasteiger partial charge on any atom is -0.287 e. The predicted octanol–water partition coefficient (Wildman–Crippen LogP) is 7.86. The fourth-order valence-electron chi connectivity index (χ4n) is 3.96. The second-order valence-corrected chi connectivity index (χ2v) is 13.9. The summed E-state index contributed by atoms with van der Waals surface area (Å²) in [6.45, 7) is 27.2. The van der Waals surface area contributed by atoms with E-state index in [2.05, 4.69) is 106 Å². The fourth-order valence-corrected chi connectivity index (χ4v) is 6.92. The van der Waals surface area contributed by atoms with Gasteiger partial charge < -0.3 is 0 Å². The highest BCUT2D eigenvalue weighted by molar-refractivity contribution is 14.1. The molecule has 0 spiro atoms. The van der Waals surface area contributed by atoms with Crippen molar-refractivity contribution in [3.05, 3.63) is 0 Å². The fraction of sp³-hybridized carbons (Fsp3) is 0.955. The van der Waals surface area contributed by atoms with Crippen LogP contribution in [0.5, 0.6) is 0 Å². The Kier molecular flexibility index (Phi) is 9.58. The molecule has 150 valence electrons. The lowest BCUT2D eigenvalue weighted by molar-refractivity contribution is -0.119. The zero-order valence-electron chi connectivity index (χ0n) is 18.8. The number of rotatable bonds is 9. The van der Waals surface area contributed by atoms with E-state index in [0.29, 0.717) is 32.7 Å². The number of alkyl halides is 1. The number of carbonyl (C=O) groups is 1. The SMILES string of the molecule is CC(C)C(C)CC(C)(C)C(=O)SC(C)(C)C(C)(C)C(C(C)C)C(C)I. The summed E-state index contributed by atoms with van der Waals surface area (Å²) in [5.74, 6) is 2.35. The molecule has 3 heteroatoms. The molecule has 0 aliphatic carbocycles. The normalized spacial score (nSPS) is 17.7. The number of thioether (sulfide) groups is 1. The van der Waals surface area contributed by atoms with Crippen LogP contribution in [0.25, 0.3) is 0 Å². The van der Waals surface area contributed by atoms with Crippen LogP contribution in [0.1, 0.15) is 89.5 Å². The maximum atomic E-state index is 13.2. The Morgan fingerprint density at radius 3 is 1.64 bits per heavy atom. The molecule has 3 atom stereocenters. The molecule has 0 rings (SSSR count). The maximum absolute atomic E-state index is 13.2. The van der Waals surface area contributed by atoms with Gasteiger partial charge in [0.15, 0.2) is 5.12 Å². The summed E-state index contributed by atoms with van der Waals surface area (Å²) in [4.78, 5) is 13.2. The molecule has 25 heavy (non-hydrogen) atoms. The largest absolute Gasteiger partial charge is 0.287 e. The Morgan fingerprint density at radius 2 is 1.32 bits per heavy atom. The molecule has 3 unspecified atom stereocenters. The minimum atomic E-state index is -0.273. The summed E-state index contributed by atoms with van der Waals surface area (Å²) in [7, 11) is 0. The van der Waals surface area contributed by atoms with Crippen molar-refractivity contribution in [1.29, 1.82) is 0 Å². The first-order chi connectivity index (χ1) is 11.0. The first-order valence-corrected chi connectivity index (χ1v) is 11.9. The van der Waals surface area contributed by atoms with Gasteiger partial charge in [-0.1, -0.05) is 104 Å². The molecule has 0 aromatic heterocycles. The van der Waals surface area contributed by atoms with Gasteiger partial charge in [0, 0.05) is 14.1 Å². The van der Waals surface area contributed by atoms with Crippen molar-refractivity contribution in [2.45, 2.75) is 98.2 Å². The lowest BCUT2D eigenvalue weighted by Gasteiger charge is -2.50. The van der Waals surface area contributed by atoms with Gasteiger partial charge in [0.2, 0.25) is 0 Å². The molecule has 0 bridgehead atoms. The van der Waals surface area contributed by atoms with Crippen molar-refractivity contribution in [3.63, 3.8) is 0 Å². The van der Waals surface area contributed by atoms with Crippen molar-refractivity contribution in [3.8, 4) is 0 Å². The summed E-state index contributed by atoms with van der Waals surface area (Å²) in [5, 5.41) is 0.349. The van der Waals surface area contributed by atoms with Crippen LogP contribution in [0.2, 0.25) is 0 Å². The van der Waals surface area contributed by atoms with Crippen LogP contribution in [0.4, 0.5) is 0 Å². The summed E-state index contributed by atoms with van der Waals surface area (Å²) in [5.41, 5.74) is -0.202. The average Bonchev–Trinajstić information content (AvgIpc) is 2.35. The van der Waals surface area contributed by atoms with E-state index in [1.807, 2.05) is 0 Å². The van der Waals surface area contributed by atoms with Crippen LogP contribution in [0.3, 0.4) is 0 Å². The average molecular weight is 483 g/mol. The molecule has 0 saturated heterocycles. The molecule has 0 N–H and O–H groups in total. The van der Waals surface area contributed by atoms with Crippen LogP contribution >= 0.6 is 34.4 Å². The van der Waals surface area contributed by atoms with E-state index >= 15 is 0 Å². The molecule has 0 aliphatic rings. The predicted molar refractivity (Wildman–Crippen MR) is 125 cm³/mol. The molecule has 0 fully saturated rings. The molecular weight excluding hydrogens is 439 g/mol. The summed E-state index contributed by atoms with van der Waals surface area (Å²) in [6.07, 6.45) is 0.962. The zero-order valence-corrected chi connectivity index (χ0v) is 21.8. The van der Waals surface area contributed by atoms with Crippen LogP contribution in [0.15, 0.2) is 0 Å². The molecule has 0 aliphatic heterocycles. The topological polar surface area (TPSA) is 17.1 Å². The third-order valence-electron chi connectivity index (χ3n) is 6.47. The quantitative estimate of drug-likeness (QED) is 0.246. The minimum absolute atomic E-state index is 0.0713. The van der Waals surface area contributed by atoms with Crippen molar-refractivity contribution < 1.29 is 4.79 Å². The zero-order chi connectivity index (χ0) is 20.4. The molecule has 0 aromatic carbocycles. The van der Waals surface area contributed by atoms with Crippen molar-refractivity contribution in [1.82, 2.24) is 0 Å². The van der Waals surface area contributed by atoms with Crippen LogP contribution in [-0.4, -0.2) is 13.8 Å². The smallest absolute Gasteiger partial charge is 0.195 e. The van der Waals surface area contributed by atoms with Crippen LogP contribution < -0.4 is 0 Å². The Balaban J connectivity index is 5.43. The highest BCUT2D eigenvalue weighted by Gasteiger charge is 2.48. The summed E-state index contributed by atoms with van der Waals surface area (Å²) < 4.78 is 0.480. The van der Waals surface area contributed by atoms with Crippen LogP contribution in [-0.2, 0) is 4.79 Å². The molecule has 0 radical (unpaired) electrons. The van der Waals surface area contributed by atoms with Crippen molar-refractivity contribution in [2.75, 3.05) is 0 Å². The van der Waals surface area contributed by atoms with E-state index < -0.39 is 0 Å². The van der Waals surface area contributed by atoms with Crippen LogP contribution in [0, 0.1) is 34.5 Å². The highest BCUT2D eigenvalue weighted by Crippen LogP contribution is 2.53. The second-order valence-electron chi connectivity index (χ2n) is 10.4.